The SMILES string of the molecule is Cc1ccc(C(=O)O)cc1B(O)OOC(=O)c1ccc(C)c(B2OC(C)(C)C(C)(C)O2)c1. The Bertz CT molecular complexity index is 1030. The Labute approximate surface area is 187 Å². The molecule has 10 heteroatoms. The zero-order valence-corrected chi connectivity index (χ0v) is 19.0. The zero-order valence-electron chi connectivity index (χ0n) is 19.0. The van der Waals surface area contributed by atoms with E-state index in [1.54, 1.807) is 25.1 Å². The molecule has 1 saturated heterocycles. The van der Waals surface area contributed by atoms with Crippen molar-refractivity contribution in [1.82, 2.24) is 0 Å². The molecule has 0 aliphatic carbocycles. The number of carbonyl (C=O) groups excluding carboxylic acids is 1. The van der Waals surface area contributed by atoms with Gasteiger partial charge in [-0.2, -0.15) is 0 Å². The van der Waals surface area contributed by atoms with Gasteiger partial charge in [-0.25, -0.2) is 14.4 Å². The molecule has 168 valence electrons. The van der Waals surface area contributed by atoms with Gasteiger partial charge < -0.3 is 24.3 Å². The van der Waals surface area contributed by atoms with E-state index in [-0.39, 0.29) is 16.6 Å². The topological polar surface area (TPSA) is 112 Å². The summed E-state index contributed by atoms with van der Waals surface area (Å²) in [5, 5.41) is 19.4. The van der Waals surface area contributed by atoms with Crippen LogP contribution in [0.5, 0.6) is 0 Å². The summed E-state index contributed by atoms with van der Waals surface area (Å²) in [6.45, 7) is 11.3. The average Bonchev–Trinajstić information content (AvgIpc) is 2.93. The third kappa shape index (κ3) is 4.73. The third-order valence-corrected chi connectivity index (χ3v) is 6.03. The van der Waals surface area contributed by atoms with Crippen LogP contribution in [-0.2, 0) is 19.0 Å². The van der Waals surface area contributed by atoms with Gasteiger partial charge in [-0.05, 0) is 76.7 Å². The van der Waals surface area contributed by atoms with E-state index in [4.69, 9.17) is 24.1 Å². The fraction of sp³-hybridized carbons (Fsp3) is 0.364. The van der Waals surface area contributed by atoms with E-state index in [0.29, 0.717) is 11.0 Å². The number of rotatable bonds is 6. The highest BCUT2D eigenvalue weighted by molar-refractivity contribution is 6.62. The highest BCUT2D eigenvalue weighted by Gasteiger charge is 2.52. The van der Waals surface area contributed by atoms with Crippen LogP contribution < -0.4 is 10.9 Å². The van der Waals surface area contributed by atoms with Gasteiger partial charge in [0, 0.05) is 0 Å². The fourth-order valence-electron chi connectivity index (χ4n) is 3.22. The molecule has 3 rings (SSSR count). The molecule has 1 aliphatic rings. The second-order valence-corrected chi connectivity index (χ2v) is 8.86. The lowest BCUT2D eigenvalue weighted by atomic mass is 9.75. The standard InChI is InChI=1S/C22H26B2O8/c1-13-7-9-15(19(25)26)11-17(13)23(28)32-29-20(27)16-10-8-14(2)18(12-16)24-30-21(3,4)22(5,6)31-24/h7-12,28H,1-6H3,(H,25,26). The molecule has 1 fully saturated rings. The van der Waals surface area contributed by atoms with Crippen molar-refractivity contribution in [2.75, 3.05) is 0 Å². The lowest BCUT2D eigenvalue weighted by molar-refractivity contribution is -0.163. The van der Waals surface area contributed by atoms with Crippen LogP contribution in [-0.4, -0.2) is 47.5 Å². The molecular formula is C22H26B2O8. The summed E-state index contributed by atoms with van der Waals surface area (Å²) in [5.41, 5.74) is 1.42. The predicted molar refractivity (Wildman–Crippen MR) is 119 cm³/mol. The maximum atomic E-state index is 12.5. The van der Waals surface area contributed by atoms with Gasteiger partial charge in [0.25, 0.3) is 0 Å². The highest BCUT2D eigenvalue weighted by atomic mass is 17.2. The molecule has 0 spiro atoms. The summed E-state index contributed by atoms with van der Waals surface area (Å²) < 4.78 is 12.1. The van der Waals surface area contributed by atoms with Crippen molar-refractivity contribution < 1.29 is 38.7 Å². The van der Waals surface area contributed by atoms with Crippen molar-refractivity contribution in [2.24, 2.45) is 0 Å². The molecule has 0 amide bonds. The molecule has 1 heterocycles. The van der Waals surface area contributed by atoms with E-state index < -0.39 is 37.4 Å². The number of aryl methyl sites for hydroxylation is 2. The van der Waals surface area contributed by atoms with Crippen LogP contribution in [0, 0.1) is 13.8 Å². The quantitative estimate of drug-likeness (QED) is 0.398. The van der Waals surface area contributed by atoms with Crippen molar-refractivity contribution in [2.45, 2.75) is 52.7 Å². The minimum atomic E-state index is -1.65. The predicted octanol–water partition coefficient (Wildman–Crippen LogP) is 1.78. The van der Waals surface area contributed by atoms with E-state index in [1.807, 2.05) is 34.6 Å². The Hall–Kier alpha value is -2.65. The Balaban J connectivity index is 1.74. The Morgan fingerprint density at radius 3 is 2.09 bits per heavy atom. The molecule has 0 unspecified atom stereocenters. The summed E-state index contributed by atoms with van der Waals surface area (Å²) >= 11 is 0. The maximum Gasteiger partial charge on any atom is 0.538 e. The molecule has 0 aromatic heterocycles. The summed E-state index contributed by atoms with van der Waals surface area (Å²) in [7, 11) is -2.30. The van der Waals surface area contributed by atoms with Gasteiger partial charge in [0.1, 0.15) is 0 Å². The Morgan fingerprint density at radius 2 is 1.50 bits per heavy atom. The third-order valence-electron chi connectivity index (χ3n) is 6.03. The molecule has 0 saturated carbocycles. The lowest BCUT2D eigenvalue weighted by Crippen LogP contribution is -2.41. The highest BCUT2D eigenvalue weighted by Crippen LogP contribution is 2.36. The number of aromatic carboxylic acids is 1. The molecule has 8 nitrogen and oxygen atoms in total. The number of hydrogen-bond donors (Lipinski definition) is 2. The first kappa shape index (κ1) is 24.0. The van der Waals surface area contributed by atoms with E-state index in [1.165, 1.54) is 18.2 Å². The van der Waals surface area contributed by atoms with Crippen LogP contribution in [0.25, 0.3) is 0 Å². The number of benzene rings is 2. The largest absolute Gasteiger partial charge is 0.538 e. The van der Waals surface area contributed by atoms with Crippen LogP contribution >= 0.6 is 0 Å². The van der Waals surface area contributed by atoms with Crippen LogP contribution in [0.2, 0.25) is 0 Å². The van der Waals surface area contributed by atoms with Gasteiger partial charge in [-0.3, -0.25) is 0 Å². The summed E-state index contributed by atoms with van der Waals surface area (Å²) in [4.78, 5) is 33.4. The lowest BCUT2D eigenvalue weighted by Gasteiger charge is -2.32. The summed E-state index contributed by atoms with van der Waals surface area (Å²) in [5.74, 6) is -1.97. The van der Waals surface area contributed by atoms with Gasteiger partial charge in [0.15, 0.2) is 0 Å². The molecule has 0 bridgehead atoms. The number of carboxylic acid groups (broad SMARTS) is 1. The van der Waals surface area contributed by atoms with Crippen molar-refractivity contribution in [3.8, 4) is 0 Å². The second kappa shape index (κ2) is 8.71. The first-order valence-corrected chi connectivity index (χ1v) is 10.2. The van der Waals surface area contributed by atoms with E-state index >= 15 is 0 Å². The maximum absolute atomic E-state index is 12.5. The van der Waals surface area contributed by atoms with Crippen molar-refractivity contribution in [3.63, 3.8) is 0 Å². The molecule has 2 aromatic carbocycles. The van der Waals surface area contributed by atoms with Crippen LogP contribution in [0.4, 0.5) is 0 Å². The second-order valence-electron chi connectivity index (χ2n) is 8.86. The normalized spacial score (nSPS) is 16.7. The molecule has 32 heavy (non-hydrogen) atoms. The van der Waals surface area contributed by atoms with Crippen LogP contribution in [0.15, 0.2) is 36.4 Å². The fourth-order valence-corrected chi connectivity index (χ4v) is 3.22. The van der Waals surface area contributed by atoms with Gasteiger partial charge in [-0.15, -0.1) is 0 Å². The summed E-state index contributed by atoms with van der Waals surface area (Å²) in [6.07, 6.45) is 0. The Kier molecular flexibility index (Phi) is 6.53. The average molecular weight is 440 g/mol. The number of carboxylic acids is 1. The van der Waals surface area contributed by atoms with Gasteiger partial charge in [0.05, 0.1) is 22.3 Å². The minimum Gasteiger partial charge on any atom is -0.478 e. The number of hydrogen-bond acceptors (Lipinski definition) is 7. The first-order chi connectivity index (χ1) is 14.8. The molecule has 0 atom stereocenters. The number of carbonyl (C=O) groups is 2. The first-order valence-electron chi connectivity index (χ1n) is 10.2. The van der Waals surface area contributed by atoms with E-state index in [0.717, 1.165) is 5.56 Å². The molecule has 0 radical (unpaired) electrons. The molecule has 2 aromatic rings. The Morgan fingerprint density at radius 1 is 0.938 bits per heavy atom. The van der Waals surface area contributed by atoms with Crippen molar-refractivity contribution in [3.05, 3.63) is 58.7 Å². The molecule has 1 aliphatic heterocycles. The van der Waals surface area contributed by atoms with Crippen molar-refractivity contribution >= 4 is 37.1 Å². The minimum absolute atomic E-state index is 0.0230. The van der Waals surface area contributed by atoms with Gasteiger partial charge in [-0.1, -0.05) is 23.3 Å². The van der Waals surface area contributed by atoms with Crippen LogP contribution in [0.3, 0.4) is 0 Å². The monoisotopic (exact) mass is 440 g/mol. The van der Waals surface area contributed by atoms with Crippen LogP contribution in [0.1, 0.15) is 59.5 Å². The summed E-state index contributed by atoms with van der Waals surface area (Å²) in [6, 6.07) is 9.12. The smallest absolute Gasteiger partial charge is 0.478 e. The zero-order chi connectivity index (χ0) is 23.8. The van der Waals surface area contributed by atoms with E-state index in [9.17, 15) is 14.6 Å². The molecular weight excluding hydrogens is 414 g/mol. The molecule has 2 N–H and O–H groups in total. The van der Waals surface area contributed by atoms with E-state index in [2.05, 4.69) is 0 Å². The van der Waals surface area contributed by atoms with Crippen molar-refractivity contribution in [1.29, 1.82) is 0 Å². The van der Waals surface area contributed by atoms with Gasteiger partial charge >= 0.3 is 26.2 Å². The van der Waals surface area contributed by atoms with Gasteiger partial charge in [0.2, 0.25) is 0 Å².